The number of fused-ring (bicyclic) bond motifs is 1. The van der Waals surface area contributed by atoms with Gasteiger partial charge in [-0.25, -0.2) is 4.98 Å². The lowest BCUT2D eigenvalue weighted by Crippen LogP contribution is -2.20. The molecule has 0 atom stereocenters. The quantitative estimate of drug-likeness (QED) is 0.496. The predicted octanol–water partition coefficient (Wildman–Crippen LogP) is 5.44. The Hall–Kier alpha value is -3.60. The van der Waals surface area contributed by atoms with Gasteiger partial charge in [-0.15, -0.1) is 0 Å². The van der Waals surface area contributed by atoms with E-state index in [1.54, 1.807) is 12.1 Å². The molecule has 0 spiro atoms. The highest BCUT2D eigenvalue weighted by Crippen LogP contribution is 2.27. The zero-order valence-corrected chi connectivity index (χ0v) is 16.7. The molecular formula is C24H22N2O3. The van der Waals surface area contributed by atoms with Gasteiger partial charge in [0.1, 0.15) is 11.3 Å². The van der Waals surface area contributed by atoms with Crippen LogP contribution < -0.4 is 10.1 Å². The number of hydrogen-bond acceptors (Lipinski definition) is 4. The number of aryl methyl sites for hydroxylation is 3. The number of carbonyl (C=O) groups is 1. The lowest BCUT2D eigenvalue weighted by atomic mass is 10.1. The normalized spacial score (nSPS) is 10.9. The van der Waals surface area contributed by atoms with E-state index >= 15 is 0 Å². The van der Waals surface area contributed by atoms with Crippen molar-refractivity contribution in [1.29, 1.82) is 0 Å². The molecule has 3 aromatic carbocycles. The number of amides is 1. The number of nitrogens with zero attached hydrogens (tertiary/aromatic N) is 1. The van der Waals surface area contributed by atoms with Crippen LogP contribution in [0.15, 0.2) is 65.1 Å². The molecule has 4 aromatic rings. The summed E-state index contributed by atoms with van der Waals surface area (Å²) in [6.07, 6.45) is 0. The zero-order valence-electron chi connectivity index (χ0n) is 16.7. The van der Waals surface area contributed by atoms with Gasteiger partial charge in [-0.2, -0.15) is 0 Å². The van der Waals surface area contributed by atoms with Crippen LogP contribution in [0.25, 0.3) is 22.6 Å². The first-order chi connectivity index (χ1) is 14.0. The summed E-state index contributed by atoms with van der Waals surface area (Å²) in [7, 11) is 0. The Bertz CT molecular complexity index is 1170. The standard InChI is InChI=1S/C24H22N2O3/c1-15-10-16(2)12-18(11-15)24-26-20-13-19(8-9-22(20)29-24)25-23(27)14-28-21-7-5-4-6-17(21)3/h4-13H,14H2,1-3H3,(H,25,27). The van der Waals surface area contributed by atoms with Crippen molar-refractivity contribution in [2.45, 2.75) is 20.8 Å². The second kappa shape index (κ2) is 7.80. The van der Waals surface area contributed by atoms with Crippen molar-refractivity contribution in [1.82, 2.24) is 4.98 Å². The van der Waals surface area contributed by atoms with Crippen LogP contribution in [0.3, 0.4) is 0 Å². The van der Waals surface area contributed by atoms with E-state index in [2.05, 4.69) is 16.4 Å². The molecule has 1 amide bonds. The van der Waals surface area contributed by atoms with Crippen molar-refractivity contribution in [3.05, 3.63) is 77.4 Å². The molecule has 1 aromatic heterocycles. The van der Waals surface area contributed by atoms with Crippen molar-refractivity contribution in [2.75, 3.05) is 11.9 Å². The Kier molecular flexibility index (Phi) is 5.04. The molecule has 5 nitrogen and oxygen atoms in total. The van der Waals surface area contributed by atoms with Crippen molar-refractivity contribution in [3.63, 3.8) is 0 Å². The monoisotopic (exact) mass is 386 g/mol. The van der Waals surface area contributed by atoms with Crippen molar-refractivity contribution in [2.24, 2.45) is 0 Å². The molecule has 29 heavy (non-hydrogen) atoms. The summed E-state index contributed by atoms with van der Waals surface area (Å²) < 4.78 is 11.5. The first-order valence-corrected chi connectivity index (χ1v) is 9.45. The Labute approximate surface area is 169 Å². The van der Waals surface area contributed by atoms with Crippen LogP contribution in [0.5, 0.6) is 5.75 Å². The minimum atomic E-state index is -0.231. The van der Waals surface area contributed by atoms with E-state index in [1.807, 2.05) is 63.2 Å². The second-order valence-corrected chi connectivity index (χ2v) is 7.18. The van der Waals surface area contributed by atoms with Crippen LogP contribution >= 0.6 is 0 Å². The molecule has 1 N–H and O–H groups in total. The van der Waals surface area contributed by atoms with Gasteiger partial charge in [-0.1, -0.05) is 35.4 Å². The van der Waals surface area contributed by atoms with Gasteiger partial charge < -0.3 is 14.5 Å². The molecule has 0 unspecified atom stereocenters. The highest BCUT2D eigenvalue weighted by atomic mass is 16.5. The lowest BCUT2D eigenvalue weighted by Gasteiger charge is -2.09. The summed E-state index contributed by atoms with van der Waals surface area (Å²) >= 11 is 0. The zero-order chi connectivity index (χ0) is 20.4. The van der Waals surface area contributed by atoms with Gasteiger partial charge in [0.25, 0.3) is 5.91 Å². The highest BCUT2D eigenvalue weighted by Gasteiger charge is 2.11. The van der Waals surface area contributed by atoms with Crippen LogP contribution in [0.2, 0.25) is 0 Å². The number of benzene rings is 3. The number of aromatic nitrogens is 1. The van der Waals surface area contributed by atoms with Gasteiger partial charge in [-0.05, 0) is 62.7 Å². The fourth-order valence-corrected chi connectivity index (χ4v) is 3.29. The molecule has 4 rings (SSSR count). The second-order valence-electron chi connectivity index (χ2n) is 7.18. The fourth-order valence-electron chi connectivity index (χ4n) is 3.29. The number of oxazole rings is 1. The molecule has 5 heteroatoms. The van der Waals surface area contributed by atoms with Crippen LogP contribution in [0.4, 0.5) is 5.69 Å². The molecule has 0 aliphatic carbocycles. The number of nitrogens with one attached hydrogen (secondary N) is 1. The van der Waals surface area contributed by atoms with E-state index in [0.717, 1.165) is 22.3 Å². The molecule has 0 fully saturated rings. The van der Waals surface area contributed by atoms with Crippen molar-refractivity contribution in [3.8, 4) is 17.2 Å². The summed E-state index contributed by atoms with van der Waals surface area (Å²) in [5.41, 5.74) is 6.26. The van der Waals surface area contributed by atoms with E-state index in [1.165, 1.54) is 0 Å². The molecule has 0 saturated carbocycles. The van der Waals surface area contributed by atoms with E-state index in [-0.39, 0.29) is 12.5 Å². The van der Waals surface area contributed by atoms with Crippen LogP contribution in [-0.4, -0.2) is 17.5 Å². The van der Waals surface area contributed by atoms with Gasteiger partial charge in [0.2, 0.25) is 5.89 Å². The molecular weight excluding hydrogens is 364 g/mol. The third kappa shape index (κ3) is 4.29. The maximum atomic E-state index is 12.3. The Morgan fingerprint density at radius 2 is 1.76 bits per heavy atom. The van der Waals surface area contributed by atoms with Gasteiger partial charge in [0, 0.05) is 11.3 Å². The van der Waals surface area contributed by atoms with Crippen molar-refractivity contribution < 1.29 is 13.9 Å². The Morgan fingerprint density at radius 1 is 1.00 bits per heavy atom. The summed E-state index contributed by atoms with van der Waals surface area (Å²) in [6.45, 7) is 5.98. The molecule has 146 valence electrons. The topological polar surface area (TPSA) is 64.4 Å². The van der Waals surface area contributed by atoms with Crippen molar-refractivity contribution >= 4 is 22.7 Å². The number of ether oxygens (including phenoxy) is 1. The average Bonchev–Trinajstić information content (AvgIpc) is 3.10. The maximum absolute atomic E-state index is 12.3. The lowest BCUT2D eigenvalue weighted by molar-refractivity contribution is -0.118. The molecule has 1 heterocycles. The third-order valence-corrected chi connectivity index (χ3v) is 4.59. The average molecular weight is 386 g/mol. The molecule has 0 aliphatic heterocycles. The Morgan fingerprint density at radius 3 is 2.52 bits per heavy atom. The predicted molar refractivity (Wildman–Crippen MR) is 114 cm³/mol. The summed E-state index contributed by atoms with van der Waals surface area (Å²) in [5.74, 6) is 1.04. The van der Waals surface area contributed by atoms with E-state index in [9.17, 15) is 4.79 Å². The minimum Gasteiger partial charge on any atom is -0.483 e. The molecule has 0 radical (unpaired) electrons. The van der Waals surface area contributed by atoms with Gasteiger partial charge in [-0.3, -0.25) is 4.79 Å². The number of anilines is 1. The number of para-hydroxylation sites is 1. The van der Waals surface area contributed by atoms with Gasteiger partial charge in [0.05, 0.1) is 0 Å². The fraction of sp³-hybridized carbons (Fsp3) is 0.167. The third-order valence-electron chi connectivity index (χ3n) is 4.59. The van der Waals surface area contributed by atoms with Crippen LogP contribution in [0, 0.1) is 20.8 Å². The summed E-state index contributed by atoms with van der Waals surface area (Å²) in [6, 6.07) is 19.2. The van der Waals surface area contributed by atoms with Gasteiger partial charge >= 0.3 is 0 Å². The smallest absolute Gasteiger partial charge is 0.262 e. The minimum absolute atomic E-state index is 0.0600. The van der Waals surface area contributed by atoms with Crippen LogP contribution in [-0.2, 0) is 4.79 Å². The number of rotatable bonds is 5. The molecule has 0 bridgehead atoms. The van der Waals surface area contributed by atoms with Crippen LogP contribution in [0.1, 0.15) is 16.7 Å². The number of hydrogen-bond donors (Lipinski definition) is 1. The van der Waals surface area contributed by atoms with E-state index in [4.69, 9.17) is 9.15 Å². The highest BCUT2D eigenvalue weighted by molar-refractivity contribution is 5.94. The largest absolute Gasteiger partial charge is 0.483 e. The Balaban J connectivity index is 1.48. The SMILES string of the molecule is Cc1cc(C)cc(-c2nc3cc(NC(=O)COc4ccccc4C)ccc3o2)c1. The summed E-state index contributed by atoms with van der Waals surface area (Å²) in [4.78, 5) is 16.8. The maximum Gasteiger partial charge on any atom is 0.262 e. The van der Waals surface area contributed by atoms with E-state index in [0.29, 0.717) is 28.4 Å². The molecule has 0 aliphatic rings. The first kappa shape index (κ1) is 18.7. The van der Waals surface area contributed by atoms with E-state index < -0.39 is 0 Å². The first-order valence-electron chi connectivity index (χ1n) is 9.45. The molecule has 0 saturated heterocycles. The van der Waals surface area contributed by atoms with Gasteiger partial charge in [0.15, 0.2) is 12.2 Å². The number of carbonyl (C=O) groups excluding carboxylic acids is 1. The summed E-state index contributed by atoms with van der Waals surface area (Å²) in [5, 5.41) is 2.85.